The Morgan fingerprint density at radius 2 is 1.00 bits per heavy atom. The van der Waals surface area contributed by atoms with Crippen LogP contribution in [0.15, 0.2) is 50.6 Å². The highest BCUT2D eigenvalue weighted by atomic mass is 16.6. The number of rotatable bonds is 18. The summed E-state index contributed by atoms with van der Waals surface area (Å²) < 4.78 is 45.8. The fraction of sp³-hybridized carbons (Fsp3) is 0.657. The van der Waals surface area contributed by atoms with Crippen molar-refractivity contribution in [1.82, 2.24) is 0 Å². The minimum atomic E-state index is -0.501. The first-order chi connectivity index (χ1) is 23.6. The summed E-state index contributed by atoms with van der Waals surface area (Å²) >= 11 is 0. The van der Waals surface area contributed by atoms with E-state index in [0.29, 0.717) is 33.0 Å². The molecule has 5 unspecified atom stereocenters. The van der Waals surface area contributed by atoms with Crippen molar-refractivity contribution < 1.29 is 66.9 Å². The van der Waals surface area contributed by atoms with E-state index in [0.717, 1.165) is 82.6 Å². The summed E-state index contributed by atoms with van der Waals surface area (Å²) in [6, 6.07) is 0. The van der Waals surface area contributed by atoms with Crippen molar-refractivity contribution in [3.63, 3.8) is 0 Å². The zero-order chi connectivity index (χ0) is 36.7. The molecule has 0 aliphatic carbocycles. The SMILES string of the molecule is C=CC(=O)OC(C)COCC1CCCO1.C=CC(=O)OC(C)COCC1CCCO1.C=CC(=O)OCC1CCCO1.C=CC(=O)OCCO. The Labute approximate surface area is 290 Å². The van der Waals surface area contributed by atoms with Crippen molar-refractivity contribution in [3.05, 3.63) is 50.6 Å². The number of esters is 4. The first kappa shape index (κ1) is 45.6. The van der Waals surface area contributed by atoms with Gasteiger partial charge in [0.2, 0.25) is 0 Å². The number of carbonyl (C=O) groups is 4. The summed E-state index contributed by atoms with van der Waals surface area (Å²) in [5.41, 5.74) is 0. The molecule has 0 amide bonds. The second kappa shape index (κ2) is 30.6. The summed E-state index contributed by atoms with van der Waals surface area (Å²) in [6.07, 6.45) is 11.0. The Morgan fingerprint density at radius 3 is 1.33 bits per heavy atom. The summed E-state index contributed by atoms with van der Waals surface area (Å²) in [6.45, 7) is 21.3. The van der Waals surface area contributed by atoms with Crippen molar-refractivity contribution in [3.8, 4) is 0 Å². The van der Waals surface area contributed by atoms with Crippen LogP contribution in [0.1, 0.15) is 52.4 Å². The topological polar surface area (TPSA) is 172 Å². The number of carbonyl (C=O) groups excluding carboxylic acids is 4. The summed E-state index contributed by atoms with van der Waals surface area (Å²) in [5, 5.41) is 8.10. The zero-order valence-electron chi connectivity index (χ0n) is 29.1. The molecule has 3 saturated heterocycles. The molecule has 3 rings (SSSR count). The molecule has 0 aromatic rings. The minimum Gasteiger partial charge on any atom is -0.460 e. The quantitative estimate of drug-likeness (QED) is 0.126. The van der Waals surface area contributed by atoms with Crippen LogP contribution >= 0.6 is 0 Å². The van der Waals surface area contributed by atoms with Gasteiger partial charge in [0.1, 0.15) is 25.4 Å². The maximum atomic E-state index is 10.8. The van der Waals surface area contributed by atoms with Gasteiger partial charge in [0.25, 0.3) is 0 Å². The Bertz CT molecular complexity index is 904. The van der Waals surface area contributed by atoms with E-state index >= 15 is 0 Å². The maximum Gasteiger partial charge on any atom is 0.330 e. The van der Waals surface area contributed by atoms with Gasteiger partial charge < -0.3 is 47.7 Å². The van der Waals surface area contributed by atoms with Crippen LogP contribution in [0.2, 0.25) is 0 Å². The van der Waals surface area contributed by atoms with Crippen LogP contribution in [0.3, 0.4) is 0 Å². The van der Waals surface area contributed by atoms with Gasteiger partial charge in [0, 0.05) is 44.1 Å². The van der Waals surface area contributed by atoms with E-state index < -0.39 is 17.9 Å². The lowest BCUT2D eigenvalue weighted by molar-refractivity contribution is -0.146. The van der Waals surface area contributed by atoms with Crippen LogP contribution in [0.25, 0.3) is 0 Å². The third kappa shape index (κ3) is 27.1. The Hall–Kier alpha value is -3.40. The van der Waals surface area contributed by atoms with E-state index in [2.05, 4.69) is 31.1 Å². The molecule has 3 heterocycles. The van der Waals surface area contributed by atoms with Gasteiger partial charge in [0.05, 0.1) is 51.3 Å². The summed E-state index contributed by atoms with van der Waals surface area (Å²) in [7, 11) is 0. The molecule has 0 saturated carbocycles. The molecule has 280 valence electrons. The average Bonchev–Trinajstić information content (AvgIpc) is 3.92. The van der Waals surface area contributed by atoms with E-state index in [-0.39, 0.29) is 49.7 Å². The molecular weight excluding hydrogens is 644 g/mol. The third-order valence-electron chi connectivity index (χ3n) is 6.43. The first-order valence-corrected chi connectivity index (χ1v) is 16.4. The number of hydrogen-bond donors (Lipinski definition) is 1. The molecule has 0 bridgehead atoms. The summed E-state index contributed by atoms with van der Waals surface area (Å²) in [4.78, 5) is 42.3. The van der Waals surface area contributed by atoms with Gasteiger partial charge in [-0.3, -0.25) is 0 Å². The van der Waals surface area contributed by atoms with Crippen molar-refractivity contribution in [2.24, 2.45) is 0 Å². The smallest absolute Gasteiger partial charge is 0.330 e. The molecule has 0 aromatic carbocycles. The molecule has 5 atom stereocenters. The van der Waals surface area contributed by atoms with Gasteiger partial charge in [-0.05, 0) is 52.4 Å². The standard InChI is InChI=1S/2C11H18O4.C8H12O3.C5H8O3/c2*1-3-11(12)15-9(2)7-13-8-10-5-4-6-14-10;1-2-8(9)11-6-7-4-3-5-10-7;1-2-5(7)8-4-3-6/h2*3,9-10H,1,4-8H2,2H3;2,7H,1,3-6H2;2,6H,1,3-4H2. The van der Waals surface area contributed by atoms with Crippen LogP contribution in [-0.2, 0) is 61.8 Å². The lowest BCUT2D eigenvalue weighted by atomic mass is 10.2. The minimum absolute atomic E-state index is 0.0465. The Balaban J connectivity index is 0.000000644. The normalized spacial score (nSPS) is 20.2. The maximum absolute atomic E-state index is 10.8. The third-order valence-corrected chi connectivity index (χ3v) is 6.43. The number of ether oxygens (including phenoxy) is 9. The van der Waals surface area contributed by atoms with Crippen molar-refractivity contribution in [2.45, 2.75) is 82.9 Å². The second-order valence-corrected chi connectivity index (χ2v) is 10.8. The van der Waals surface area contributed by atoms with E-state index in [1.807, 2.05) is 0 Å². The highest BCUT2D eigenvalue weighted by Gasteiger charge is 2.18. The highest BCUT2D eigenvalue weighted by Crippen LogP contribution is 2.13. The van der Waals surface area contributed by atoms with E-state index in [1.54, 1.807) is 13.8 Å². The van der Waals surface area contributed by atoms with E-state index in [1.165, 1.54) is 0 Å². The molecular formula is C35H56O14. The highest BCUT2D eigenvalue weighted by molar-refractivity contribution is 5.82. The van der Waals surface area contributed by atoms with Crippen LogP contribution < -0.4 is 0 Å². The molecule has 3 aliphatic heterocycles. The fourth-order valence-electron chi connectivity index (χ4n) is 4.06. The predicted octanol–water partition coefficient (Wildman–Crippen LogP) is 3.20. The monoisotopic (exact) mass is 700 g/mol. The van der Waals surface area contributed by atoms with Gasteiger partial charge in [0.15, 0.2) is 0 Å². The van der Waals surface area contributed by atoms with Crippen LogP contribution in [0.5, 0.6) is 0 Å². The number of hydrogen-bond acceptors (Lipinski definition) is 14. The molecule has 0 spiro atoms. The largest absolute Gasteiger partial charge is 0.460 e. The molecule has 3 fully saturated rings. The van der Waals surface area contributed by atoms with Crippen molar-refractivity contribution >= 4 is 23.9 Å². The van der Waals surface area contributed by atoms with E-state index in [4.69, 9.17) is 43.0 Å². The van der Waals surface area contributed by atoms with E-state index in [9.17, 15) is 19.2 Å². The molecule has 0 aromatic heterocycles. The fourth-order valence-corrected chi connectivity index (χ4v) is 4.06. The molecule has 49 heavy (non-hydrogen) atoms. The lowest BCUT2D eigenvalue weighted by Crippen LogP contribution is -2.22. The van der Waals surface area contributed by atoms with Gasteiger partial charge in [-0.1, -0.05) is 26.3 Å². The van der Waals surface area contributed by atoms with Gasteiger partial charge in [-0.25, -0.2) is 19.2 Å². The van der Waals surface area contributed by atoms with Crippen LogP contribution in [-0.4, -0.2) is 126 Å². The first-order valence-electron chi connectivity index (χ1n) is 16.4. The second-order valence-electron chi connectivity index (χ2n) is 10.8. The Morgan fingerprint density at radius 1 is 0.633 bits per heavy atom. The Kier molecular flexibility index (Phi) is 28.5. The van der Waals surface area contributed by atoms with Gasteiger partial charge in [-0.2, -0.15) is 0 Å². The van der Waals surface area contributed by atoms with Gasteiger partial charge >= 0.3 is 23.9 Å². The van der Waals surface area contributed by atoms with Crippen LogP contribution in [0, 0.1) is 0 Å². The van der Waals surface area contributed by atoms with Gasteiger partial charge in [-0.15, -0.1) is 0 Å². The zero-order valence-corrected chi connectivity index (χ0v) is 29.1. The molecule has 3 aliphatic rings. The molecule has 1 N–H and O–H groups in total. The summed E-state index contributed by atoms with van der Waals surface area (Å²) in [5.74, 6) is -1.70. The van der Waals surface area contributed by atoms with Crippen LogP contribution in [0.4, 0.5) is 0 Å². The number of aliphatic hydroxyl groups excluding tert-OH is 1. The lowest BCUT2D eigenvalue weighted by Gasteiger charge is -2.14. The molecule has 0 radical (unpaired) electrons. The molecule has 14 nitrogen and oxygen atoms in total. The molecule has 14 heteroatoms. The average molecular weight is 701 g/mol. The van der Waals surface area contributed by atoms with Crippen molar-refractivity contribution in [1.29, 1.82) is 0 Å². The van der Waals surface area contributed by atoms with Crippen molar-refractivity contribution in [2.75, 3.05) is 66.1 Å². The number of aliphatic hydroxyl groups is 1. The predicted molar refractivity (Wildman–Crippen MR) is 179 cm³/mol.